The molecule has 4 nitrogen and oxygen atoms in total. The fraction of sp³-hybridized carbons (Fsp3) is 0.500. The highest BCUT2D eigenvalue weighted by Crippen LogP contribution is 2.32. The van der Waals surface area contributed by atoms with E-state index in [2.05, 4.69) is 31.1 Å². The molecule has 0 aliphatic carbocycles. The van der Waals surface area contributed by atoms with Crippen molar-refractivity contribution in [3.63, 3.8) is 0 Å². The number of carbonyl (C=O) groups is 1. The van der Waals surface area contributed by atoms with Crippen LogP contribution in [0.4, 0.5) is 5.69 Å². The Morgan fingerprint density at radius 2 is 2.13 bits per heavy atom. The van der Waals surface area contributed by atoms with E-state index in [1.165, 1.54) is 0 Å². The van der Waals surface area contributed by atoms with E-state index in [4.69, 9.17) is 5.73 Å². The van der Waals surface area contributed by atoms with Crippen LogP contribution in [-0.2, 0) is 10.2 Å². The van der Waals surface area contributed by atoms with Crippen molar-refractivity contribution in [2.24, 2.45) is 5.73 Å². The number of anilines is 1. The zero-order chi connectivity index (χ0) is 16.3. The van der Waals surface area contributed by atoms with Crippen molar-refractivity contribution in [3.8, 4) is 0 Å². The van der Waals surface area contributed by atoms with Gasteiger partial charge in [0.2, 0.25) is 5.91 Å². The van der Waals surface area contributed by atoms with Gasteiger partial charge in [0.15, 0.2) is 0 Å². The third-order valence-corrected chi connectivity index (χ3v) is 5.36. The smallest absolute Gasteiger partial charge is 0.241 e. The SMILES string of the molecule is CSCC[C@H](N)C(=O)Nc1ccc2nc(C(C)(C)C)sc2c1.Cl. The standard InChI is InChI=1S/C16H23N3OS2.ClH/c1-16(2,3)15-19-12-6-5-10(9-13(12)22-15)18-14(20)11(17)7-8-21-4;/h5-6,9,11H,7-8,17H2,1-4H3,(H,18,20);1H/t11-;/m0./s1. The molecule has 128 valence electrons. The maximum Gasteiger partial charge on any atom is 0.241 e. The molecule has 7 heteroatoms. The van der Waals surface area contributed by atoms with Crippen molar-refractivity contribution >= 4 is 57.3 Å². The van der Waals surface area contributed by atoms with Crippen molar-refractivity contribution in [2.75, 3.05) is 17.3 Å². The van der Waals surface area contributed by atoms with Crippen LogP contribution in [0.25, 0.3) is 10.2 Å². The van der Waals surface area contributed by atoms with Crippen LogP contribution in [0.2, 0.25) is 0 Å². The van der Waals surface area contributed by atoms with Gasteiger partial charge in [-0.2, -0.15) is 11.8 Å². The topological polar surface area (TPSA) is 68.0 Å². The molecule has 0 fully saturated rings. The number of amides is 1. The third kappa shape index (κ3) is 5.35. The molecule has 3 N–H and O–H groups in total. The first-order valence-corrected chi connectivity index (χ1v) is 9.49. The summed E-state index contributed by atoms with van der Waals surface area (Å²) in [6, 6.07) is 5.34. The van der Waals surface area contributed by atoms with Gasteiger partial charge in [0, 0.05) is 11.1 Å². The summed E-state index contributed by atoms with van der Waals surface area (Å²) in [5.41, 5.74) is 7.68. The van der Waals surface area contributed by atoms with Crippen LogP contribution in [-0.4, -0.2) is 28.9 Å². The predicted molar refractivity (Wildman–Crippen MR) is 105 cm³/mol. The first-order valence-electron chi connectivity index (χ1n) is 7.27. The number of nitrogens with two attached hydrogens (primary N) is 1. The number of hydrogen-bond donors (Lipinski definition) is 2. The summed E-state index contributed by atoms with van der Waals surface area (Å²) < 4.78 is 1.08. The zero-order valence-electron chi connectivity index (χ0n) is 13.9. The number of benzene rings is 1. The maximum absolute atomic E-state index is 12.1. The molecule has 0 unspecified atom stereocenters. The van der Waals surface area contributed by atoms with Crippen LogP contribution in [0.5, 0.6) is 0 Å². The number of nitrogens with one attached hydrogen (secondary N) is 1. The highest BCUT2D eigenvalue weighted by molar-refractivity contribution is 7.98. The summed E-state index contributed by atoms with van der Waals surface area (Å²) in [5, 5.41) is 4.00. The second kappa shape index (κ2) is 8.33. The molecule has 1 heterocycles. The van der Waals surface area contributed by atoms with E-state index >= 15 is 0 Å². The largest absolute Gasteiger partial charge is 0.325 e. The van der Waals surface area contributed by atoms with E-state index < -0.39 is 6.04 Å². The van der Waals surface area contributed by atoms with Gasteiger partial charge in [-0.15, -0.1) is 23.7 Å². The van der Waals surface area contributed by atoms with Crippen LogP contribution < -0.4 is 11.1 Å². The van der Waals surface area contributed by atoms with Crippen molar-refractivity contribution in [2.45, 2.75) is 38.6 Å². The minimum absolute atomic E-state index is 0. The molecule has 1 aromatic carbocycles. The van der Waals surface area contributed by atoms with Gasteiger partial charge < -0.3 is 11.1 Å². The number of aromatic nitrogens is 1. The highest BCUT2D eigenvalue weighted by atomic mass is 35.5. The van der Waals surface area contributed by atoms with Crippen LogP contribution in [0.15, 0.2) is 18.2 Å². The second-order valence-electron chi connectivity index (χ2n) is 6.33. The highest BCUT2D eigenvalue weighted by Gasteiger charge is 2.19. The van der Waals surface area contributed by atoms with Crippen LogP contribution in [0.3, 0.4) is 0 Å². The summed E-state index contributed by atoms with van der Waals surface area (Å²) in [6.07, 6.45) is 2.69. The Kier molecular flexibility index (Phi) is 7.32. The summed E-state index contributed by atoms with van der Waals surface area (Å²) in [6.45, 7) is 6.45. The van der Waals surface area contributed by atoms with Crippen LogP contribution in [0.1, 0.15) is 32.2 Å². The first-order chi connectivity index (χ1) is 10.3. The Balaban J connectivity index is 0.00000264. The van der Waals surface area contributed by atoms with Crippen molar-refractivity contribution in [1.29, 1.82) is 0 Å². The van der Waals surface area contributed by atoms with E-state index in [0.717, 1.165) is 26.7 Å². The van der Waals surface area contributed by atoms with Gasteiger partial charge in [-0.05, 0) is 36.6 Å². The lowest BCUT2D eigenvalue weighted by atomic mass is 9.98. The lowest BCUT2D eigenvalue weighted by Crippen LogP contribution is -2.36. The molecule has 1 atom stereocenters. The van der Waals surface area contributed by atoms with Gasteiger partial charge in [0.25, 0.3) is 0 Å². The summed E-state index contributed by atoms with van der Waals surface area (Å²) >= 11 is 3.36. The molecule has 0 saturated carbocycles. The Morgan fingerprint density at radius 1 is 1.43 bits per heavy atom. The summed E-state index contributed by atoms with van der Waals surface area (Å²) in [5.74, 6) is 0.756. The molecule has 2 aromatic rings. The lowest BCUT2D eigenvalue weighted by Gasteiger charge is -2.13. The number of hydrogen-bond acceptors (Lipinski definition) is 5. The van der Waals surface area contributed by atoms with Crippen molar-refractivity contribution < 1.29 is 4.79 Å². The molecule has 23 heavy (non-hydrogen) atoms. The van der Waals surface area contributed by atoms with E-state index in [1.54, 1.807) is 23.1 Å². The molecule has 1 amide bonds. The van der Waals surface area contributed by atoms with Gasteiger partial charge in [0.1, 0.15) is 0 Å². The first kappa shape index (κ1) is 20.2. The molecular formula is C16H24ClN3OS2. The minimum Gasteiger partial charge on any atom is -0.325 e. The minimum atomic E-state index is -0.463. The monoisotopic (exact) mass is 373 g/mol. The Hall–Kier alpha value is -0.820. The molecule has 0 spiro atoms. The van der Waals surface area contributed by atoms with Crippen LogP contribution >= 0.6 is 35.5 Å². The molecule has 0 radical (unpaired) electrons. The average Bonchev–Trinajstić information content (AvgIpc) is 2.87. The molecule has 0 aliphatic heterocycles. The average molecular weight is 374 g/mol. The van der Waals surface area contributed by atoms with Gasteiger partial charge in [0.05, 0.1) is 21.3 Å². The predicted octanol–water partition coefficient (Wildman–Crippen LogP) is 4.03. The fourth-order valence-corrected chi connectivity index (χ4v) is 3.49. The van der Waals surface area contributed by atoms with Gasteiger partial charge >= 0.3 is 0 Å². The Labute approximate surface area is 152 Å². The number of rotatable bonds is 5. The Bertz CT molecular complexity index is 667. The maximum atomic E-state index is 12.1. The molecular weight excluding hydrogens is 350 g/mol. The number of fused-ring (bicyclic) bond motifs is 1. The molecule has 1 aromatic heterocycles. The van der Waals surface area contributed by atoms with E-state index in [-0.39, 0.29) is 23.7 Å². The molecule has 2 rings (SSSR count). The molecule has 0 saturated heterocycles. The van der Waals surface area contributed by atoms with Gasteiger partial charge in [-0.1, -0.05) is 20.8 Å². The zero-order valence-corrected chi connectivity index (χ0v) is 16.3. The second-order valence-corrected chi connectivity index (χ2v) is 8.34. The van der Waals surface area contributed by atoms with Crippen molar-refractivity contribution in [3.05, 3.63) is 23.2 Å². The van der Waals surface area contributed by atoms with Crippen LogP contribution in [0, 0.1) is 0 Å². The number of nitrogens with zero attached hydrogens (tertiary/aromatic N) is 1. The third-order valence-electron chi connectivity index (χ3n) is 3.27. The van der Waals surface area contributed by atoms with E-state index in [9.17, 15) is 4.79 Å². The fourth-order valence-electron chi connectivity index (χ4n) is 1.93. The van der Waals surface area contributed by atoms with E-state index in [1.807, 2.05) is 24.5 Å². The number of halogens is 1. The summed E-state index contributed by atoms with van der Waals surface area (Å²) in [7, 11) is 0. The lowest BCUT2D eigenvalue weighted by molar-refractivity contribution is -0.117. The number of thiazole rings is 1. The molecule has 0 aliphatic rings. The summed E-state index contributed by atoms with van der Waals surface area (Å²) in [4.78, 5) is 16.7. The quantitative estimate of drug-likeness (QED) is 0.830. The number of thioether (sulfide) groups is 1. The van der Waals surface area contributed by atoms with Gasteiger partial charge in [-0.25, -0.2) is 4.98 Å². The normalized spacial score (nSPS) is 12.7. The van der Waals surface area contributed by atoms with Crippen molar-refractivity contribution in [1.82, 2.24) is 4.98 Å². The Morgan fingerprint density at radius 3 is 2.74 bits per heavy atom. The number of carbonyl (C=O) groups excluding carboxylic acids is 1. The van der Waals surface area contributed by atoms with Gasteiger partial charge in [-0.3, -0.25) is 4.79 Å². The molecule has 0 bridgehead atoms. The van der Waals surface area contributed by atoms with E-state index in [0.29, 0.717) is 6.42 Å².